The summed E-state index contributed by atoms with van der Waals surface area (Å²) in [6.07, 6.45) is -0.263. The first-order chi connectivity index (χ1) is 15.2. The van der Waals surface area contributed by atoms with Crippen LogP contribution in [-0.2, 0) is 14.6 Å². The highest BCUT2D eigenvalue weighted by atomic mass is 32.2. The molecule has 2 aromatic carbocycles. The number of ether oxygens (including phenoxy) is 1. The molecule has 11 heteroatoms. The molecule has 1 N–H and O–H groups in total. The molecule has 0 unspecified atom stereocenters. The van der Waals surface area contributed by atoms with Crippen LogP contribution in [0.1, 0.15) is 12.1 Å². The zero-order valence-corrected chi connectivity index (χ0v) is 18.8. The summed E-state index contributed by atoms with van der Waals surface area (Å²) >= 11 is 1.38. The molecule has 0 aliphatic heterocycles. The van der Waals surface area contributed by atoms with Gasteiger partial charge in [0, 0.05) is 12.5 Å². The fraction of sp³-hybridized carbons (Fsp3) is 0.190. The van der Waals surface area contributed by atoms with Gasteiger partial charge in [-0.05, 0) is 49.4 Å². The van der Waals surface area contributed by atoms with Gasteiger partial charge in [-0.1, -0.05) is 11.3 Å². The predicted molar refractivity (Wildman–Crippen MR) is 120 cm³/mol. The zero-order chi connectivity index (χ0) is 22.9. The second-order valence-corrected chi connectivity index (χ2v) is 10.1. The van der Waals surface area contributed by atoms with Crippen LogP contribution < -0.4 is 10.1 Å². The van der Waals surface area contributed by atoms with Crippen molar-refractivity contribution < 1.29 is 22.3 Å². The summed E-state index contributed by atoms with van der Waals surface area (Å²) in [6.45, 7) is 1.78. The summed E-state index contributed by atoms with van der Waals surface area (Å²) in [4.78, 5) is 17.0. The molecule has 0 aliphatic rings. The number of hydrogen-bond donors (Lipinski definition) is 1. The molecule has 4 aromatic rings. The van der Waals surface area contributed by atoms with Crippen LogP contribution in [0, 0.1) is 12.7 Å². The van der Waals surface area contributed by atoms with Crippen LogP contribution in [0.15, 0.2) is 53.4 Å². The molecular weight excluding hydrogens is 455 g/mol. The third kappa shape index (κ3) is 4.63. The van der Waals surface area contributed by atoms with Crippen LogP contribution in [0.25, 0.3) is 15.3 Å². The van der Waals surface area contributed by atoms with E-state index in [4.69, 9.17) is 4.74 Å². The Morgan fingerprint density at radius 3 is 2.66 bits per heavy atom. The van der Waals surface area contributed by atoms with Crippen LogP contribution in [0.2, 0.25) is 0 Å². The quantitative estimate of drug-likeness (QED) is 0.409. The average molecular weight is 475 g/mol. The highest BCUT2D eigenvalue weighted by molar-refractivity contribution is 7.91. The summed E-state index contributed by atoms with van der Waals surface area (Å²) in [7, 11) is -2.13. The molecule has 1 amide bonds. The Balaban J connectivity index is 1.50. The third-order valence-corrected chi connectivity index (χ3v) is 7.36. The molecule has 2 heterocycles. The number of anilines is 1. The van der Waals surface area contributed by atoms with Crippen molar-refractivity contribution in [3.05, 3.63) is 60.0 Å². The van der Waals surface area contributed by atoms with Crippen molar-refractivity contribution in [1.82, 2.24) is 14.8 Å². The molecule has 0 aliphatic carbocycles. The van der Waals surface area contributed by atoms with E-state index in [1.165, 1.54) is 28.2 Å². The number of halogens is 1. The van der Waals surface area contributed by atoms with Gasteiger partial charge in [0.25, 0.3) is 0 Å². The van der Waals surface area contributed by atoms with Crippen molar-refractivity contribution in [3.8, 4) is 10.9 Å². The molecule has 8 nitrogen and oxygen atoms in total. The summed E-state index contributed by atoms with van der Waals surface area (Å²) < 4.78 is 45.5. The number of hydrogen-bond acceptors (Lipinski definition) is 7. The molecule has 4 rings (SSSR count). The number of sulfone groups is 1. The van der Waals surface area contributed by atoms with E-state index in [1.54, 1.807) is 20.1 Å². The normalized spacial score (nSPS) is 11.6. The van der Waals surface area contributed by atoms with Gasteiger partial charge >= 0.3 is 0 Å². The fourth-order valence-corrected chi connectivity index (χ4v) is 5.24. The first-order valence-electron chi connectivity index (χ1n) is 9.55. The van der Waals surface area contributed by atoms with Crippen LogP contribution in [-0.4, -0.2) is 42.0 Å². The van der Waals surface area contributed by atoms with Crippen LogP contribution >= 0.6 is 11.3 Å². The number of thiazole rings is 1. The molecular formula is C21H19FN4O4S2. The summed E-state index contributed by atoms with van der Waals surface area (Å²) in [5.74, 6) is -0.324. The fourth-order valence-electron chi connectivity index (χ4n) is 3.04. The van der Waals surface area contributed by atoms with E-state index in [0.717, 1.165) is 22.3 Å². The average Bonchev–Trinajstić information content (AvgIpc) is 3.34. The van der Waals surface area contributed by atoms with Gasteiger partial charge in [0.15, 0.2) is 9.84 Å². The van der Waals surface area contributed by atoms with Crippen molar-refractivity contribution in [2.75, 3.05) is 18.2 Å². The molecule has 0 spiro atoms. The SMILES string of the molecule is COc1ccc2nc(-n3nc(C)cc3NC(=O)CCS(=O)(=O)c3ccc(F)cc3)sc2c1. The Morgan fingerprint density at radius 1 is 1.19 bits per heavy atom. The molecule has 0 radical (unpaired) electrons. The van der Waals surface area contributed by atoms with Crippen LogP contribution in [0.4, 0.5) is 10.2 Å². The van der Waals surface area contributed by atoms with Crippen molar-refractivity contribution in [3.63, 3.8) is 0 Å². The van der Waals surface area contributed by atoms with Crippen LogP contribution in [0.5, 0.6) is 5.75 Å². The van der Waals surface area contributed by atoms with E-state index in [-0.39, 0.29) is 11.3 Å². The maximum absolute atomic E-state index is 13.0. The predicted octanol–water partition coefficient (Wildman–Crippen LogP) is 3.74. The summed E-state index contributed by atoms with van der Waals surface area (Å²) in [5, 5.41) is 7.66. The highest BCUT2D eigenvalue weighted by Gasteiger charge is 2.19. The minimum absolute atomic E-state index is 0.0301. The Morgan fingerprint density at radius 2 is 1.94 bits per heavy atom. The van der Waals surface area contributed by atoms with Crippen molar-refractivity contribution in [1.29, 1.82) is 0 Å². The van der Waals surface area contributed by atoms with Gasteiger partial charge in [-0.15, -0.1) is 0 Å². The lowest BCUT2D eigenvalue weighted by Gasteiger charge is -2.07. The lowest BCUT2D eigenvalue weighted by atomic mass is 10.3. The lowest BCUT2D eigenvalue weighted by Crippen LogP contribution is -2.19. The smallest absolute Gasteiger partial charge is 0.226 e. The number of nitrogens with one attached hydrogen (secondary N) is 1. The lowest BCUT2D eigenvalue weighted by molar-refractivity contribution is -0.115. The van der Waals surface area contributed by atoms with E-state index >= 15 is 0 Å². The molecule has 0 saturated carbocycles. The maximum Gasteiger partial charge on any atom is 0.226 e. The third-order valence-electron chi connectivity index (χ3n) is 4.64. The maximum atomic E-state index is 13.0. The molecule has 2 aromatic heterocycles. The Hall–Kier alpha value is -3.31. The van der Waals surface area contributed by atoms with Crippen LogP contribution in [0.3, 0.4) is 0 Å². The van der Waals surface area contributed by atoms with E-state index in [2.05, 4.69) is 15.4 Å². The molecule has 0 fully saturated rings. The molecule has 0 atom stereocenters. The van der Waals surface area contributed by atoms with Gasteiger partial charge in [-0.2, -0.15) is 9.78 Å². The monoisotopic (exact) mass is 474 g/mol. The first-order valence-corrected chi connectivity index (χ1v) is 12.0. The van der Waals surface area contributed by atoms with Gasteiger partial charge in [0.2, 0.25) is 11.0 Å². The number of aryl methyl sites for hydroxylation is 1. The number of carbonyl (C=O) groups is 1. The Bertz CT molecular complexity index is 1400. The number of aromatic nitrogens is 3. The van der Waals surface area contributed by atoms with E-state index in [9.17, 15) is 17.6 Å². The second-order valence-electron chi connectivity index (χ2n) is 6.98. The summed E-state index contributed by atoms with van der Waals surface area (Å²) in [6, 6.07) is 11.7. The van der Waals surface area contributed by atoms with E-state index in [0.29, 0.717) is 22.4 Å². The van der Waals surface area contributed by atoms with Gasteiger partial charge < -0.3 is 10.1 Å². The number of amides is 1. The first kappa shape index (κ1) is 21.9. The van der Waals surface area contributed by atoms with Crippen molar-refractivity contribution in [2.45, 2.75) is 18.2 Å². The number of methoxy groups -OCH3 is 1. The zero-order valence-electron chi connectivity index (χ0n) is 17.2. The Labute approximate surface area is 187 Å². The van der Waals surface area contributed by atoms with E-state index in [1.807, 2.05) is 18.2 Å². The van der Waals surface area contributed by atoms with Gasteiger partial charge in [0.05, 0.1) is 33.7 Å². The summed E-state index contributed by atoms with van der Waals surface area (Å²) in [5.41, 5.74) is 1.43. The molecule has 0 saturated heterocycles. The largest absolute Gasteiger partial charge is 0.497 e. The van der Waals surface area contributed by atoms with Gasteiger partial charge in [-0.3, -0.25) is 4.79 Å². The van der Waals surface area contributed by atoms with Gasteiger partial charge in [-0.25, -0.2) is 17.8 Å². The minimum atomic E-state index is -3.72. The van der Waals surface area contributed by atoms with Gasteiger partial charge in [0.1, 0.15) is 17.4 Å². The Kier molecular flexibility index (Phi) is 5.94. The second kappa shape index (κ2) is 8.67. The molecule has 0 bridgehead atoms. The van der Waals surface area contributed by atoms with Crippen molar-refractivity contribution in [2.24, 2.45) is 0 Å². The van der Waals surface area contributed by atoms with Crippen molar-refractivity contribution >= 4 is 43.1 Å². The number of carbonyl (C=O) groups excluding carboxylic acids is 1. The molecule has 32 heavy (non-hydrogen) atoms. The number of benzene rings is 2. The minimum Gasteiger partial charge on any atom is -0.497 e. The van der Waals surface area contributed by atoms with E-state index < -0.39 is 27.3 Å². The number of rotatable bonds is 7. The standard InChI is InChI=1S/C21H19FN4O4S2/c1-13-11-19(24-20(27)9-10-32(28,29)16-6-3-14(22)4-7-16)26(25-13)21-23-17-8-5-15(30-2)12-18(17)31-21/h3-8,11-12H,9-10H2,1-2H3,(H,24,27). The highest BCUT2D eigenvalue weighted by Crippen LogP contribution is 2.30. The topological polar surface area (TPSA) is 103 Å². The number of nitrogens with zero attached hydrogens (tertiary/aromatic N) is 3. The molecule has 166 valence electrons. The number of fused-ring (bicyclic) bond motifs is 1.